The van der Waals surface area contributed by atoms with Crippen LogP contribution >= 0.6 is 0 Å². The van der Waals surface area contributed by atoms with Crippen LogP contribution < -0.4 is 10.2 Å². The van der Waals surface area contributed by atoms with Gasteiger partial charge in [-0.3, -0.25) is 19.3 Å². The van der Waals surface area contributed by atoms with Gasteiger partial charge in [0.2, 0.25) is 0 Å². The lowest BCUT2D eigenvalue weighted by Gasteiger charge is -2.39. The maximum atomic E-state index is 15.1. The molecule has 0 radical (unpaired) electrons. The van der Waals surface area contributed by atoms with Crippen molar-refractivity contribution in [2.45, 2.75) is 62.8 Å². The molecule has 2 fully saturated rings. The Kier molecular flexibility index (Phi) is 8.95. The van der Waals surface area contributed by atoms with Crippen LogP contribution in [0.4, 0.5) is 27.8 Å². The highest BCUT2D eigenvalue weighted by Gasteiger charge is 2.49. The molecule has 3 aliphatic heterocycles. The van der Waals surface area contributed by atoms with Crippen LogP contribution in [0.15, 0.2) is 42.5 Å². The van der Waals surface area contributed by atoms with E-state index < -0.39 is 64.7 Å². The third-order valence-electron chi connectivity index (χ3n) is 9.14. The number of anilines is 1. The molecule has 2 aromatic carbocycles. The second kappa shape index (κ2) is 13.0. The highest BCUT2D eigenvalue weighted by molar-refractivity contribution is 6.07. The van der Waals surface area contributed by atoms with E-state index in [1.807, 2.05) is 0 Å². The highest BCUT2D eigenvalue weighted by Crippen LogP contribution is 2.45. The van der Waals surface area contributed by atoms with Crippen molar-refractivity contribution in [1.82, 2.24) is 20.0 Å². The molecule has 2 saturated heterocycles. The van der Waals surface area contributed by atoms with Crippen LogP contribution in [-0.4, -0.2) is 70.8 Å². The van der Waals surface area contributed by atoms with Gasteiger partial charge in [0.05, 0.1) is 23.2 Å². The number of alkyl halides is 3. The number of hydrogen-bond acceptors (Lipinski definition) is 6. The minimum Gasteiger partial charge on any atom is -0.381 e. The zero-order valence-corrected chi connectivity index (χ0v) is 25.8. The van der Waals surface area contributed by atoms with Crippen molar-refractivity contribution in [3.63, 3.8) is 0 Å². The number of carbonyl (C=O) groups excluding carboxylic acids is 3. The summed E-state index contributed by atoms with van der Waals surface area (Å²) < 4.78 is 77.0. The maximum Gasteiger partial charge on any atom is 0.419 e. The Bertz CT molecular complexity index is 1780. The van der Waals surface area contributed by atoms with Gasteiger partial charge in [-0.1, -0.05) is 18.2 Å². The van der Waals surface area contributed by atoms with Gasteiger partial charge in [0.1, 0.15) is 29.5 Å². The Morgan fingerprint density at radius 3 is 2.44 bits per heavy atom. The average molecular weight is 671 g/mol. The molecule has 15 heteroatoms. The van der Waals surface area contributed by atoms with E-state index in [0.717, 1.165) is 24.3 Å². The number of halogens is 5. The second-order valence-corrected chi connectivity index (χ2v) is 11.9. The molecule has 0 aliphatic carbocycles. The van der Waals surface area contributed by atoms with Crippen molar-refractivity contribution in [1.29, 1.82) is 5.26 Å². The van der Waals surface area contributed by atoms with Crippen molar-refractivity contribution in [2.24, 2.45) is 0 Å². The molecule has 10 nitrogen and oxygen atoms in total. The third kappa shape index (κ3) is 5.78. The number of rotatable bonds is 6. The molecule has 3 amide bonds. The van der Waals surface area contributed by atoms with Gasteiger partial charge in [-0.15, -0.1) is 0 Å². The summed E-state index contributed by atoms with van der Waals surface area (Å²) in [5.41, 5.74) is -2.16. The van der Waals surface area contributed by atoms with Gasteiger partial charge in [-0.25, -0.2) is 13.5 Å². The van der Waals surface area contributed by atoms with Crippen LogP contribution in [-0.2, 0) is 15.7 Å². The van der Waals surface area contributed by atoms with Gasteiger partial charge in [0.15, 0.2) is 5.69 Å². The topological polar surface area (TPSA) is 121 Å². The first-order valence-corrected chi connectivity index (χ1v) is 15.6. The van der Waals surface area contributed by atoms with Gasteiger partial charge in [-0.05, 0) is 62.4 Å². The SMILES string of the molecule is CCN1C(=O)[C@@H](NC(=O)c2cccc(C(F)(F)F)c2F)[C@@H](c2ccc(F)cc2)c2c(C(=O)N3CCC[C@H]3C#N)nn(C3CCOCC3)c21. The molecule has 1 aromatic heterocycles. The Labute approximate surface area is 272 Å². The number of amides is 3. The fraction of sp³-hybridized carbons (Fsp3) is 0.424. The molecule has 0 saturated carbocycles. The Balaban J connectivity index is 1.55. The Morgan fingerprint density at radius 2 is 1.79 bits per heavy atom. The zero-order valence-electron chi connectivity index (χ0n) is 25.8. The molecule has 0 unspecified atom stereocenters. The van der Waals surface area contributed by atoms with Crippen molar-refractivity contribution in [3.8, 4) is 6.07 Å². The molecule has 3 aromatic rings. The smallest absolute Gasteiger partial charge is 0.381 e. The summed E-state index contributed by atoms with van der Waals surface area (Å²) >= 11 is 0. The molecular weight excluding hydrogens is 639 g/mol. The maximum absolute atomic E-state index is 15.1. The summed E-state index contributed by atoms with van der Waals surface area (Å²) in [5, 5.41) is 17.0. The number of nitrogens with zero attached hydrogens (tertiary/aromatic N) is 5. The van der Waals surface area contributed by atoms with Gasteiger partial charge in [0, 0.05) is 37.8 Å². The number of benzene rings is 2. The molecule has 48 heavy (non-hydrogen) atoms. The zero-order chi connectivity index (χ0) is 34.3. The van der Waals surface area contributed by atoms with Crippen molar-refractivity contribution in [2.75, 3.05) is 31.2 Å². The number of nitriles is 1. The van der Waals surface area contributed by atoms with Crippen LogP contribution in [0.3, 0.4) is 0 Å². The highest BCUT2D eigenvalue weighted by atomic mass is 19.4. The number of fused-ring (bicyclic) bond motifs is 1. The van der Waals surface area contributed by atoms with Crippen molar-refractivity contribution >= 4 is 23.5 Å². The fourth-order valence-corrected chi connectivity index (χ4v) is 6.82. The standard InChI is InChI=1S/C33H31F5N6O4/c1-2-42-30-25(28(32(47)43-14-4-5-21(43)17-39)41-44(30)20-12-15-48-16-13-20)24(18-8-10-19(34)11-9-18)27(31(42)46)40-29(45)22-6-3-7-23(26(22)35)33(36,37)38/h3,6-11,20-21,24,27H,2,4-5,12-16H2,1H3,(H,40,45)/t21-,24-,27-/m0/s1. The van der Waals surface area contributed by atoms with E-state index in [4.69, 9.17) is 9.84 Å². The lowest BCUT2D eigenvalue weighted by molar-refractivity contribution is -0.140. The molecule has 1 N–H and O–H groups in total. The minimum atomic E-state index is -5.09. The normalized spacial score (nSPS) is 21.6. The Hall–Kier alpha value is -4.84. The first-order chi connectivity index (χ1) is 23.0. The lowest BCUT2D eigenvalue weighted by atomic mass is 9.80. The number of likely N-dealkylation sites (N-methyl/N-ethyl adjacent to an activating group) is 1. The largest absolute Gasteiger partial charge is 0.419 e. The van der Waals surface area contributed by atoms with Crippen molar-refractivity contribution < 1.29 is 41.1 Å². The predicted molar refractivity (Wildman–Crippen MR) is 160 cm³/mol. The third-order valence-corrected chi connectivity index (χ3v) is 9.14. The average Bonchev–Trinajstić information content (AvgIpc) is 3.71. The molecule has 0 bridgehead atoms. The van der Waals surface area contributed by atoms with Crippen LogP contribution in [0.5, 0.6) is 0 Å². The number of likely N-dealkylation sites (tertiary alicyclic amines) is 1. The summed E-state index contributed by atoms with van der Waals surface area (Å²) in [6.45, 7) is 2.78. The van der Waals surface area contributed by atoms with E-state index in [0.29, 0.717) is 45.0 Å². The number of ether oxygens (including phenoxy) is 1. The quantitative estimate of drug-likeness (QED) is 0.371. The summed E-state index contributed by atoms with van der Waals surface area (Å²) in [5.74, 6) is -5.91. The molecule has 0 spiro atoms. The molecule has 3 aliphatic rings. The molecule has 4 heterocycles. The van der Waals surface area contributed by atoms with Gasteiger partial charge in [0.25, 0.3) is 17.7 Å². The van der Waals surface area contributed by atoms with E-state index in [2.05, 4.69) is 11.4 Å². The monoisotopic (exact) mass is 670 g/mol. The number of hydrogen-bond donors (Lipinski definition) is 1. The van der Waals surface area contributed by atoms with Crippen LogP contribution in [0.25, 0.3) is 0 Å². The molecule has 6 rings (SSSR count). The molecule has 3 atom stereocenters. The Morgan fingerprint density at radius 1 is 1.08 bits per heavy atom. The van der Waals surface area contributed by atoms with Crippen LogP contribution in [0.1, 0.15) is 82.1 Å². The van der Waals surface area contributed by atoms with E-state index >= 15 is 4.39 Å². The van der Waals surface area contributed by atoms with E-state index in [-0.39, 0.29) is 41.8 Å². The van der Waals surface area contributed by atoms with Gasteiger partial charge < -0.3 is 15.0 Å². The van der Waals surface area contributed by atoms with Gasteiger partial charge >= 0.3 is 6.18 Å². The fourth-order valence-electron chi connectivity index (χ4n) is 6.82. The number of aromatic nitrogens is 2. The predicted octanol–water partition coefficient (Wildman–Crippen LogP) is 4.96. The number of carbonyl (C=O) groups is 3. The van der Waals surface area contributed by atoms with Crippen molar-refractivity contribution in [3.05, 3.63) is 82.0 Å². The second-order valence-electron chi connectivity index (χ2n) is 11.9. The summed E-state index contributed by atoms with van der Waals surface area (Å²) in [6.07, 6.45) is -3.04. The summed E-state index contributed by atoms with van der Waals surface area (Å²) in [4.78, 5) is 45.0. The van der Waals surface area contributed by atoms with Crippen LogP contribution in [0, 0.1) is 23.0 Å². The molecule has 252 valence electrons. The van der Waals surface area contributed by atoms with E-state index in [9.17, 15) is 37.2 Å². The first kappa shape index (κ1) is 33.1. The van der Waals surface area contributed by atoms with E-state index in [1.54, 1.807) is 11.6 Å². The minimum absolute atomic E-state index is 0.0410. The van der Waals surface area contributed by atoms with Crippen LogP contribution in [0.2, 0.25) is 0 Å². The number of nitrogens with one attached hydrogen (secondary N) is 1. The lowest BCUT2D eigenvalue weighted by Crippen LogP contribution is -2.56. The molecular formula is C33H31F5N6O4. The first-order valence-electron chi connectivity index (χ1n) is 15.6. The van der Waals surface area contributed by atoms with Gasteiger partial charge in [-0.2, -0.15) is 23.5 Å². The van der Waals surface area contributed by atoms with E-state index in [1.165, 1.54) is 21.9 Å². The summed E-state index contributed by atoms with van der Waals surface area (Å²) in [6, 6.07) is 6.81. The summed E-state index contributed by atoms with van der Waals surface area (Å²) in [7, 11) is 0.